The number of aryl methyl sites for hydroxylation is 1. The first kappa shape index (κ1) is 11.5. The van der Waals surface area contributed by atoms with E-state index < -0.39 is 11.4 Å². The summed E-state index contributed by atoms with van der Waals surface area (Å²) in [6, 6.07) is 6.24. The summed E-state index contributed by atoms with van der Waals surface area (Å²) in [5.74, 6) is 0.396. The number of hydrogen-bond donors (Lipinski definition) is 1. The van der Waals surface area contributed by atoms with E-state index in [4.69, 9.17) is 5.11 Å². The maximum absolute atomic E-state index is 11.1. The fourth-order valence-electron chi connectivity index (χ4n) is 1.97. The molecule has 2 rings (SSSR count). The van der Waals surface area contributed by atoms with Crippen LogP contribution in [0.5, 0.6) is 0 Å². The third kappa shape index (κ3) is 2.09. The molecule has 0 aliphatic carbocycles. The van der Waals surface area contributed by atoms with Crippen molar-refractivity contribution in [1.82, 2.24) is 0 Å². The molecule has 1 aromatic rings. The van der Waals surface area contributed by atoms with E-state index in [2.05, 4.69) is 12.1 Å². The largest absolute Gasteiger partial charge is 0.481 e. The highest BCUT2D eigenvalue weighted by atomic mass is 32.2. The molecule has 0 bridgehead atoms. The molecule has 1 aliphatic rings. The summed E-state index contributed by atoms with van der Waals surface area (Å²) in [4.78, 5) is 12.4. The predicted molar refractivity (Wildman–Crippen MR) is 66.0 cm³/mol. The number of rotatable bonds is 3. The van der Waals surface area contributed by atoms with Gasteiger partial charge in [-0.15, -0.1) is 11.8 Å². The van der Waals surface area contributed by atoms with Gasteiger partial charge in [0, 0.05) is 10.6 Å². The summed E-state index contributed by atoms with van der Waals surface area (Å²) in [5.41, 5.74) is 1.88. The van der Waals surface area contributed by atoms with E-state index in [1.54, 1.807) is 13.8 Å². The van der Waals surface area contributed by atoms with Crippen LogP contribution in [0.3, 0.4) is 0 Å². The Hall–Kier alpha value is -0.960. The average Bonchev–Trinajstić information content (AvgIpc) is 2.65. The molecule has 0 saturated carbocycles. The van der Waals surface area contributed by atoms with Crippen molar-refractivity contribution in [2.45, 2.75) is 31.6 Å². The summed E-state index contributed by atoms with van der Waals surface area (Å²) in [5, 5.41) is 9.14. The third-order valence-electron chi connectivity index (χ3n) is 3.01. The van der Waals surface area contributed by atoms with Crippen LogP contribution in [0.15, 0.2) is 23.1 Å². The maximum Gasteiger partial charge on any atom is 0.309 e. The minimum Gasteiger partial charge on any atom is -0.481 e. The van der Waals surface area contributed by atoms with Gasteiger partial charge in [0.05, 0.1) is 5.41 Å². The molecule has 1 aliphatic heterocycles. The van der Waals surface area contributed by atoms with Crippen LogP contribution < -0.4 is 0 Å². The zero-order valence-corrected chi connectivity index (χ0v) is 10.4. The molecule has 3 heteroatoms. The highest BCUT2D eigenvalue weighted by Crippen LogP contribution is 2.37. The molecule has 1 N–H and O–H groups in total. The topological polar surface area (TPSA) is 37.3 Å². The summed E-state index contributed by atoms with van der Waals surface area (Å²) in [6.07, 6.45) is 1.72. The van der Waals surface area contributed by atoms with Crippen molar-refractivity contribution in [3.63, 3.8) is 0 Å². The number of aliphatic carboxylic acids is 1. The Morgan fingerprint density at radius 1 is 1.50 bits per heavy atom. The van der Waals surface area contributed by atoms with Crippen molar-refractivity contribution in [3.8, 4) is 0 Å². The lowest BCUT2D eigenvalue weighted by Crippen LogP contribution is -2.26. The molecular weight excluding hydrogens is 220 g/mol. The predicted octanol–water partition coefficient (Wildman–Crippen LogP) is 2.99. The summed E-state index contributed by atoms with van der Waals surface area (Å²) in [7, 11) is 0. The molecule has 86 valence electrons. The molecule has 0 amide bonds. The number of carboxylic acid groups (broad SMARTS) is 1. The van der Waals surface area contributed by atoms with Gasteiger partial charge in [0.15, 0.2) is 0 Å². The van der Waals surface area contributed by atoms with Gasteiger partial charge in [0.1, 0.15) is 0 Å². The first-order valence-electron chi connectivity index (χ1n) is 5.48. The van der Waals surface area contributed by atoms with Gasteiger partial charge in [-0.2, -0.15) is 0 Å². The van der Waals surface area contributed by atoms with Gasteiger partial charge in [0.25, 0.3) is 0 Å². The summed E-state index contributed by atoms with van der Waals surface area (Å²) < 4.78 is 0. The van der Waals surface area contributed by atoms with E-state index in [1.165, 1.54) is 16.0 Å². The van der Waals surface area contributed by atoms with Crippen LogP contribution in [-0.4, -0.2) is 16.8 Å². The molecule has 0 unspecified atom stereocenters. The van der Waals surface area contributed by atoms with Gasteiger partial charge in [-0.25, -0.2) is 0 Å². The van der Waals surface area contributed by atoms with Crippen LogP contribution >= 0.6 is 11.8 Å². The first-order chi connectivity index (χ1) is 7.50. The van der Waals surface area contributed by atoms with Gasteiger partial charge in [-0.1, -0.05) is 18.2 Å². The van der Waals surface area contributed by atoms with Crippen LogP contribution in [0, 0.1) is 5.41 Å². The Kier molecular flexibility index (Phi) is 2.98. The summed E-state index contributed by atoms with van der Waals surface area (Å²) in [6.45, 7) is 3.57. The number of carboxylic acids is 1. The summed E-state index contributed by atoms with van der Waals surface area (Å²) >= 11 is 1.85. The van der Waals surface area contributed by atoms with Crippen LogP contribution in [0.4, 0.5) is 0 Å². The van der Waals surface area contributed by atoms with E-state index in [9.17, 15) is 4.79 Å². The van der Waals surface area contributed by atoms with E-state index in [0.717, 1.165) is 12.2 Å². The van der Waals surface area contributed by atoms with E-state index in [-0.39, 0.29) is 0 Å². The Morgan fingerprint density at radius 3 is 2.94 bits per heavy atom. The first-order valence-corrected chi connectivity index (χ1v) is 6.46. The number of fused-ring (bicyclic) bond motifs is 1. The Balaban J connectivity index is 2.29. The molecule has 0 spiro atoms. The number of hydrogen-bond acceptors (Lipinski definition) is 2. The normalized spacial score (nSPS) is 14.9. The van der Waals surface area contributed by atoms with Gasteiger partial charge >= 0.3 is 5.97 Å². The molecule has 0 fully saturated rings. The molecule has 2 nitrogen and oxygen atoms in total. The molecule has 1 aromatic carbocycles. The number of carbonyl (C=O) groups is 1. The second-order valence-corrected chi connectivity index (χ2v) is 5.97. The second-order valence-electron chi connectivity index (χ2n) is 4.87. The van der Waals surface area contributed by atoms with E-state index in [1.807, 2.05) is 17.8 Å². The standard InChI is InChI=1S/C13H16O2S/c1-13(2,12(14)15)8-10-5-3-4-9-6-7-16-11(9)10/h3-5H,6-8H2,1-2H3,(H,14,15). The SMILES string of the molecule is CC(C)(Cc1cccc2c1SCC2)C(=O)O. The Bertz CT molecular complexity index is 424. The fourth-order valence-corrected chi connectivity index (χ4v) is 3.18. The Labute approximate surface area is 100 Å². The van der Waals surface area contributed by atoms with Crippen molar-refractivity contribution in [3.05, 3.63) is 29.3 Å². The number of thioether (sulfide) groups is 1. The van der Waals surface area contributed by atoms with Crippen LogP contribution in [0.2, 0.25) is 0 Å². The fraction of sp³-hybridized carbons (Fsp3) is 0.462. The molecular formula is C13H16O2S. The minimum absolute atomic E-state index is 0.610. The quantitative estimate of drug-likeness (QED) is 0.876. The molecule has 0 radical (unpaired) electrons. The van der Waals surface area contributed by atoms with Crippen molar-refractivity contribution < 1.29 is 9.90 Å². The third-order valence-corrected chi connectivity index (χ3v) is 4.23. The van der Waals surface area contributed by atoms with Crippen molar-refractivity contribution in [2.24, 2.45) is 5.41 Å². The van der Waals surface area contributed by atoms with Crippen molar-refractivity contribution in [1.29, 1.82) is 0 Å². The lowest BCUT2D eigenvalue weighted by Gasteiger charge is -2.20. The Morgan fingerprint density at radius 2 is 2.25 bits per heavy atom. The van der Waals surface area contributed by atoms with Gasteiger partial charge in [0.2, 0.25) is 0 Å². The van der Waals surface area contributed by atoms with Crippen LogP contribution in [-0.2, 0) is 17.6 Å². The van der Waals surface area contributed by atoms with Gasteiger partial charge < -0.3 is 5.11 Å². The van der Waals surface area contributed by atoms with Gasteiger partial charge in [-0.3, -0.25) is 4.79 Å². The average molecular weight is 236 g/mol. The molecule has 1 heterocycles. The molecule has 0 aromatic heterocycles. The maximum atomic E-state index is 11.1. The van der Waals surface area contributed by atoms with E-state index in [0.29, 0.717) is 6.42 Å². The smallest absolute Gasteiger partial charge is 0.309 e. The molecule has 16 heavy (non-hydrogen) atoms. The lowest BCUT2D eigenvalue weighted by atomic mass is 9.85. The lowest BCUT2D eigenvalue weighted by molar-refractivity contribution is -0.146. The molecule has 0 atom stereocenters. The second kappa shape index (κ2) is 4.13. The van der Waals surface area contributed by atoms with Crippen molar-refractivity contribution in [2.75, 3.05) is 5.75 Å². The van der Waals surface area contributed by atoms with Crippen LogP contribution in [0.25, 0.3) is 0 Å². The van der Waals surface area contributed by atoms with Crippen molar-refractivity contribution >= 4 is 17.7 Å². The highest BCUT2D eigenvalue weighted by Gasteiger charge is 2.29. The van der Waals surface area contributed by atoms with E-state index >= 15 is 0 Å². The zero-order valence-electron chi connectivity index (χ0n) is 9.62. The zero-order chi connectivity index (χ0) is 11.8. The monoisotopic (exact) mass is 236 g/mol. The van der Waals surface area contributed by atoms with Gasteiger partial charge in [-0.05, 0) is 37.8 Å². The highest BCUT2D eigenvalue weighted by molar-refractivity contribution is 7.99. The minimum atomic E-state index is -0.729. The molecule has 0 saturated heterocycles. The van der Waals surface area contributed by atoms with Crippen LogP contribution in [0.1, 0.15) is 25.0 Å². The number of benzene rings is 1.